The van der Waals surface area contributed by atoms with Crippen LogP contribution in [-0.4, -0.2) is 109 Å². The number of benzene rings is 4. The number of amides is 2. The molecule has 0 aliphatic carbocycles. The molecule has 0 atom stereocenters. The molecule has 26 heteroatoms. The number of nitrogens with two attached hydrogens (primary N) is 1. The van der Waals surface area contributed by atoms with Crippen LogP contribution in [0.1, 0.15) is 32.1 Å². The molecule has 2 amide bonds. The van der Waals surface area contributed by atoms with E-state index in [9.17, 15) is 45.1 Å². The predicted octanol–water partition coefficient (Wildman–Crippen LogP) is 9.63. The van der Waals surface area contributed by atoms with Gasteiger partial charge in [0.05, 0.1) is 26.7 Å². The van der Waals surface area contributed by atoms with Gasteiger partial charge in [-0.1, -0.05) is 62.3 Å². The van der Waals surface area contributed by atoms with Crippen molar-refractivity contribution in [3.8, 4) is 23.0 Å². The molecule has 2 fully saturated rings. The Kier molecular flexibility index (Phi) is 26.4. The minimum atomic E-state index is -5.08. The molecule has 2 saturated heterocycles. The van der Waals surface area contributed by atoms with Crippen molar-refractivity contribution >= 4 is 85.9 Å². The van der Waals surface area contributed by atoms with Crippen molar-refractivity contribution in [3.05, 3.63) is 116 Å². The lowest BCUT2D eigenvalue weighted by atomic mass is 9.92. The Morgan fingerprint density at radius 3 is 1.25 bits per heavy atom. The topological polar surface area (TPSA) is 182 Å². The second kappa shape index (κ2) is 30.9. The number of carbonyl (C=O) groups excluding carboxylic acids is 3. The molecule has 0 bridgehead atoms. The van der Waals surface area contributed by atoms with E-state index in [1.165, 1.54) is 48.5 Å². The van der Waals surface area contributed by atoms with Gasteiger partial charge in [0.25, 0.3) is 11.8 Å². The maximum Gasteiger partial charge on any atom is 0.490 e. The molecule has 0 aromatic heterocycles. The summed E-state index contributed by atoms with van der Waals surface area (Å²) < 4.78 is 105. The van der Waals surface area contributed by atoms with Crippen LogP contribution in [0.5, 0.6) is 23.0 Å². The first-order chi connectivity index (χ1) is 33.5. The Labute approximate surface area is 431 Å². The maximum atomic E-state index is 13.4. The molecule has 4 aromatic carbocycles. The van der Waals surface area contributed by atoms with Gasteiger partial charge < -0.3 is 29.8 Å². The van der Waals surface area contributed by atoms with Crippen LogP contribution in [0.25, 0.3) is 0 Å². The zero-order chi connectivity index (χ0) is 52.7. The van der Waals surface area contributed by atoms with Crippen molar-refractivity contribution in [2.24, 2.45) is 11.7 Å². The largest absolute Gasteiger partial charge is 0.493 e. The molecule has 4 aromatic rings. The quantitative estimate of drug-likeness (QED) is 0.0617. The number of hydrogen-bond acceptors (Lipinski definition) is 11. The smallest absolute Gasteiger partial charge is 0.490 e. The highest BCUT2D eigenvalue weighted by Crippen LogP contribution is 2.25. The number of hydrazine groups is 2. The van der Waals surface area contributed by atoms with Crippen LogP contribution in [0.15, 0.2) is 72.8 Å². The number of rotatable bonds is 16. The van der Waals surface area contributed by atoms with Crippen molar-refractivity contribution in [2.45, 2.75) is 44.3 Å². The predicted molar refractivity (Wildman–Crippen MR) is 254 cm³/mol. The molecular weight excluding hydrogens is 1110 g/mol. The van der Waals surface area contributed by atoms with Gasteiger partial charge in [-0.2, -0.15) is 13.2 Å². The summed E-state index contributed by atoms with van der Waals surface area (Å²) in [6, 6.07) is 16.6. The van der Waals surface area contributed by atoms with E-state index in [0.717, 1.165) is 62.3 Å². The normalized spacial score (nSPS) is 14.2. The summed E-state index contributed by atoms with van der Waals surface area (Å²) in [5.74, 6) is -4.33. The molecule has 71 heavy (non-hydrogen) atoms. The lowest BCUT2D eigenvalue weighted by Gasteiger charge is -2.31. The number of Topliss-reactive ketones (excluding diaryl/α,β-unsaturated/α-hetero) is 1. The Morgan fingerprint density at radius 1 is 0.606 bits per heavy atom. The highest BCUT2D eigenvalue weighted by molar-refractivity contribution is 9.09. The van der Waals surface area contributed by atoms with Crippen LogP contribution in [0.2, 0.25) is 20.1 Å². The average Bonchev–Trinajstić information content (AvgIpc) is 3.32. The first kappa shape index (κ1) is 60.5. The van der Waals surface area contributed by atoms with Crippen molar-refractivity contribution < 1.29 is 74.0 Å². The van der Waals surface area contributed by atoms with Crippen LogP contribution in [0.4, 0.5) is 30.7 Å². The van der Waals surface area contributed by atoms with Crippen LogP contribution >= 0.6 is 62.3 Å². The molecule has 6 rings (SSSR count). The number of ether oxygens (including phenoxy) is 4. The third-order valence-electron chi connectivity index (χ3n) is 9.53. The molecule has 2 aliphatic rings. The fourth-order valence-electron chi connectivity index (χ4n) is 5.94. The Balaban J connectivity index is 0.000000288. The lowest BCUT2D eigenvalue weighted by molar-refractivity contribution is -0.192. The van der Waals surface area contributed by atoms with Gasteiger partial charge in [-0.05, 0) is 80.1 Å². The van der Waals surface area contributed by atoms with E-state index in [1.54, 1.807) is 11.1 Å². The maximum absolute atomic E-state index is 13.4. The van der Waals surface area contributed by atoms with Crippen LogP contribution in [-0.2, 0) is 19.2 Å². The molecule has 0 saturated carbocycles. The fourth-order valence-corrected chi connectivity index (χ4v) is 6.57. The van der Waals surface area contributed by atoms with Gasteiger partial charge in [0.1, 0.15) is 52.9 Å². The van der Waals surface area contributed by atoms with Gasteiger partial charge in [-0.15, -0.1) is 0 Å². The summed E-state index contributed by atoms with van der Waals surface area (Å²) >= 11 is 25.5. The van der Waals surface area contributed by atoms with Crippen LogP contribution < -0.4 is 35.5 Å². The number of carboxylic acid groups (broad SMARTS) is 1. The van der Waals surface area contributed by atoms with Gasteiger partial charge in [0.2, 0.25) is 0 Å². The number of nitrogens with zero attached hydrogens (tertiary/aromatic N) is 2. The summed E-state index contributed by atoms with van der Waals surface area (Å²) in [5, 5.41) is 11.5. The highest BCUT2D eigenvalue weighted by atomic mass is 79.9. The Bertz CT molecular complexity index is 2290. The van der Waals surface area contributed by atoms with Crippen molar-refractivity contribution in [3.63, 3.8) is 0 Å². The molecular formula is C45H47BrCl4F7N5O9. The Hall–Kier alpha value is -4.81. The van der Waals surface area contributed by atoms with E-state index in [0.29, 0.717) is 31.9 Å². The number of nitrogens with one attached hydrogen (secondary N) is 2. The molecule has 5 N–H and O–H groups in total. The summed E-state index contributed by atoms with van der Waals surface area (Å²) in [7, 11) is 0. The number of carboxylic acids is 1. The zero-order valence-electron chi connectivity index (χ0n) is 37.2. The highest BCUT2D eigenvalue weighted by Gasteiger charge is 2.38. The van der Waals surface area contributed by atoms with Crippen molar-refractivity contribution in [1.29, 1.82) is 0 Å². The minimum absolute atomic E-state index is 0.00651. The molecule has 2 heterocycles. The molecule has 0 spiro atoms. The Morgan fingerprint density at radius 2 is 0.930 bits per heavy atom. The molecule has 14 nitrogen and oxygen atoms in total. The fraction of sp³-hybridized carbons (Fsp3) is 0.378. The van der Waals surface area contributed by atoms with Crippen molar-refractivity contribution in [1.82, 2.24) is 20.9 Å². The van der Waals surface area contributed by atoms with E-state index >= 15 is 0 Å². The first-order valence-corrected chi connectivity index (χ1v) is 23.7. The number of carbonyl (C=O) groups is 4. The second-order valence-electron chi connectivity index (χ2n) is 15.1. The number of ketones is 1. The van der Waals surface area contributed by atoms with Gasteiger partial charge in [0.15, 0.2) is 19.0 Å². The van der Waals surface area contributed by atoms with Gasteiger partial charge in [-0.3, -0.25) is 25.2 Å². The first-order valence-electron chi connectivity index (χ1n) is 21.1. The average molecular weight is 1160 g/mol. The monoisotopic (exact) mass is 1150 g/mol. The third kappa shape index (κ3) is 24.0. The standard InChI is InChI=1S/C22H22Cl2F2N2O4.C13H17ClFN3O2.C8H7BrClFO.C2HF3O2/c23-18-3-1-16(10-20(18)25)31-12-15(29)9-14-5-7-28(8-6-14)27-22(30)13-32-17-2-4-19(24)21(26)11-17;14-11-2-1-10(7-12(11)15)20-8-13(19)17-18-5-3-9(16)4-6-18;9-3-4-12-6-1-2-7(10)8(11)5-6;3-2(4,5)1(6)7/h1-4,10-11,14H,5-9,12-13H2,(H,27,30);1-2,7,9H,3-6,8,16H2,(H,17,19);1-2,5H,3-4H2;(H,6,7). The summed E-state index contributed by atoms with van der Waals surface area (Å²) in [6.07, 6.45) is -1.58. The number of piperidine rings is 2. The van der Waals surface area contributed by atoms with Crippen LogP contribution in [0, 0.1) is 29.2 Å². The van der Waals surface area contributed by atoms with E-state index in [-0.39, 0.29) is 86.7 Å². The van der Waals surface area contributed by atoms with Gasteiger partial charge >= 0.3 is 12.1 Å². The molecule has 390 valence electrons. The van der Waals surface area contributed by atoms with Crippen molar-refractivity contribution in [2.75, 3.05) is 57.9 Å². The summed E-state index contributed by atoms with van der Waals surface area (Å²) in [6.45, 7) is 2.56. The van der Waals surface area contributed by atoms with Crippen LogP contribution in [0.3, 0.4) is 0 Å². The van der Waals surface area contributed by atoms with E-state index in [1.807, 2.05) is 5.01 Å². The molecule has 2 aliphatic heterocycles. The van der Waals surface area contributed by atoms with Gasteiger partial charge in [0, 0.05) is 68.2 Å². The van der Waals surface area contributed by atoms with E-state index < -0.39 is 35.4 Å². The van der Waals surface area contributed by atoms with Gasteiger partial charge in [-0.25, -0.2) is 32.4 Å². The summed E-state index contributed by atoms with van der Waals surface area (Å²) in [5.41, 5.74) is 11.2. The number of aliphatic carboxylic acids is 1. The second-order valence-corrected chi connectivity index (χ2v) is 17.5. The molecule has 0 radical (unpaired) electrons. The van der Waals surface area contributed by atoms with E-state index in [4.69, 9.17) is 81.0 Å². The number of hydrogen-bond donors (Lipinski definition) is 4. The SMILES string of the molecule is Fc1cc(OCCBr)ccc1Cl.NC1CCN(NC(=O)COc2ccc(Cl)c(F)c2)CC1.O=C(COc1ccc(Cl)c(F)c1)CC1CCN(NC(=O)COc2ccc(Cl)c(F)c2)CC1.O=C(O)C(F)(F)F. The van der Waals surface area contributed by atoms with E-state index in [2.05, 4.69) is 26.8 Å². The number of halogens is 12. The molecule has 0 unspecified atom stereocenters. The lowest BCUT2D eigenvalue weighted by Crippen LogP contribution is -2.50. The third-order valence-corrected chi connectivity index (χ3v) is 11.1. The summed E-state index contributed by atoms with van der Waals surface area (Å²) in [4.78, 5) is 44.8. The zero-order valence-corrected chi connectivity index (χ0v) is 41.8. The number of alkyl halides is 4. The minimum Gasteiger partial charge on any atom is -0.493 e.